The zero-order chi connectivity index (χ0) is 11.8. The Labute approximate surface area is 92.6 Å². The van der Waals surface area contributed by atoms with E-state index < -0.39 is 21.6 Å². The Bertz CT molecular complexity index is 536. The van der Waals surface area contributed by atoms with Gasteiger partial charge in [-0.1, -0.05) is 0 Å². The van der Waals surface area contributed by atoms with Crippen molar-refractivity contribution in [3.63, 3.8) is 0 Å². The smallest absolute Gasteiger partial charge is 0.248 e. The van der Waals surface area contributed by atoms with Gasteiger partial charge in [0.25, 0.3) is 0 Å². The van der Waals surface area contributed by atoms with Crippen molar-refractivity contribution in [1.29, 1.82) is 0 Å². The number of hydrogen-bond acceptors (Lipinski definition) is 4. The number of aliphatic hydroxyl groups excluding tert-OH is 1. The summed E-state index contributed by atoms with van der Waals surface area (Å²) in [5, 5.41) is 9.29. The fourth-order valence-electron chi connectivity index (χ4n) is 1.67. The highest BCUT2D eigenvalue weighted by Crippen LogP contribution is 2.17. The third kappa shape index (κ3) is 1.89. The van der Waals surface area contributed by atoms with E-state index in [1.165, 1.54) is 18.5 Å². The summed E-state index contributed by atoms with van der Waals surface area (Å²) in [4.78, 5) is 13.7. The molecule has 1 atom stereocenters. The summed E-state index contributed by atoms with van der Waals surface area (Å²) < 4.78 is 25.1. The van der Waals surface area contributed by atoms with Gasteiger partial charge in [0.05, 0.1) is 6.10 Å². The van der Waals surface area contributed by atoms with Crippen LogP contribution in [-0.4, -0.2) is 42.0 Å². The number of nitrogens with zero attached hydrogens (tertiary/aromatic N) is 1. The van der Waals surface area contributed by atoms with Gasteiger partial charge in [0.1, 0.15) is 4.90 Å². The maximum absolute atomic E-state index is 12.0. The van der Waals surface area contributed by atoms with Crippen LogP contribution < -0.4 is 5.43 Å². The number of aromatic amines is 1. The quantitative estimate of drug-likeness (QED) is 0.707. The monoisotopic (exact) mass is 244 g/mol. The van der Waals surface area contributed by atoms with Gasteiger partial charge in [-0.05, 0) is 6.42 Å². The second kappa shape index (κ2) is 4.00. The molecule has 1 aliphatic rings. The molecule has 0 aliphatic carbocycles. The summed E-state index contributed by atoms with van der Waals surface area (Å²) in [5.74, 6) is 0. The van der Waals surface area contributed by atoms with Gasteiger partial charge >= 0.3 is 0 Å². The van der Waals surface area contributed by atoms with E-state index in [-0.39, 0.29) is 18.0 Å². The molecule has 0 aromatic carbocycles. The van der Waals surface area contributed by atoms with Crippen LogP contribution in [0.25, 0.3) is 0 Å². The van der Waals surface area contributed by atoms with Crippen molar-refractivity contribution < 1.29 is 13.5 Å². The van der Waals surface area contributed by atoms with Gasteiger partial charge in [0.15, 0.2) is 0 Å². The van der Waals surface area contributed by atoms with Crippen molar-refractivity contribution in [2.75, 3.05) is 13.1 Å². The number of sulfonamides is 1. The zero-order valence-corrected chi connectivity index (χ0v) is 9.27. The predicted octanol–water partition coefficient (Wildman–Crippen LogP) is -0.870. The van der Waals surface area contributed by atoms with Gasteiger partial charge in [-0.3, -0.25) is 4.79 Å². The fourth-order valence-corrected chi connectivity index (χ4v) is 3.20. The van der Waals surface area contributed by atoms with E-state index in [9.17, 15) is 18.3 Å². The van der Waals surface area contributed by atoms with E-state index in [0.29, 0.717) is 6.42 Å². The van der Waals surface area contributed by atoms with Crippen LogP contribution >= 0.6 is 0 Å². The van der Waals surface area contributed by atoms with E-state index >= 15 is 0 Å². The van der Waals surface area contributed by atoms with E-state index in [2.05, 4.69) is 4.98 Å². The van der Waals surface area contributed by atoms with Gasteiger partial charge in [0.2, 0.25) is 15.5 Å². The predicted molar refractivity (Wildman–Crippen MR) is 56.4 cm³/mol. The van der Waals surface area contributed by atoms with Crippen LogP contribution in [0.1, 0.15) is 6.42 Å². The van der Waals surface area contributed by atoms with Crippen LogP contribution in [0.15, 0.2) is 28.2 Å². The molecule has 0 radical (unpaired) electrons. The highest BCUT2D eigenvalue weighted by molar-refractivity contribution is 7.89. The van der Waals surface area contributed by atoms with E-state index in [1.807, 2.05) is 0 Å². The number of β-amino-alcohol motifs (C(OH)–C–C–N with tert-alkyl or cyclic N) is 1. The maximum Gasteiger partial charge on any atom is 0.248 e. The van der Waals surface area contributed by atoms with Crippen molar-refractivity contribution >= 4 is 10.0 Å². The molecule has 0 spiro atoms. The van der Waals surface area contributed by atoms with Crippen molar-refractivity contribution in [3.8, 4) is 0 Å². The SMILES string of the molecule is O=c1cc[nH]cc1S(=O)(=O)N1CCC(O)C1. The lowest BCUT2D eigenvalue weighted by atomic mass is 10.3. The number of hydrogen-bond donors (Lipinski definition) is 2. The lowest BCUT2D eigenvalue weighted by molar-refractivity contribution is 0.189. The van der Waals surface area contributed by atoms with Crippen LogP contribution in [0.5, 0.6) is 0 Å². The molecule has 1 saturated heterocycles. The number of aliphatic hydroxyl groups is 1. The molecule has 2 heterocycles. The molecular weight excluding hydrogens is 232 g/mol. The molecule has 88 valence electrons. The Kier molecular flexibility index (Phi) is 2.83. The van der Waals surface area contributed by atoms with E-state index in [1.54, 1.807) is 0 Å². The molecule has 1 aromatic rings. The number of aromatic nitrogens is 1. The molecule has 0 bridgehead atoms. The van der Waals surface area contributed by atoms with Crippen molar-refractivity contribution in [1.82, 2.24) is 9.29 Å². The molecule has 2 N–H and O–H groups in total. The third-order valence-electron chi connectivity index (χ3n) is 2.53. The summed E-state index contributed by atoms with van der Waals surface area (Å²) >= 11 is 0. The first-order valence-corrected chi connectivity index (χ1v) is 6.31. The Hall–Kier alpha value is -1.18. The molecule has 6 nitrogen and oxygen atoms in total. The standard InChI is InChI=1S/C9H12N2O4S/c12-7-2-4-11(6-7)16(14,15)9-5-10-3-1-8(9)13/h1,3,5,7,12H,2,4,6H2,(H,10,13). The van der Waals surface area contributed by atoms with Crippen molar-refractivity contribution in [2.45, 2.75) is 17.4 Å². The molecule has 7 heteroatoms. The maximum atomic E-state index is 12.0. The van der Waals surface area contributed by atoms with E-state index in [4.69, 9.17) is 0 Å². The first kappa shape index (κ1) is 11.3. The molecule has 1 aliphatic heterocycles. The van der Waals surface area contributed by atoms with Gasteiger partial charge < -0.3 is 10.1 Å². The Balaban J connectivity index is 2.40. The molecule has 1 fully saturated rings. The minimum Gasteiger partial charge on any atom is -0.392 e. The zero-order valence-electron chi connectivity index (χ0n) is 8.46. The highest BCUT2D eigenvalue weighted by Gasteiger charge is 2.32. The van der Waals surface area contributed by atoms with E-state index in [0.717, 1.165) is 4.31 Å². The van der Waals surface area contributed by atoms with Gasteiger partial charge in [-0.15, -0.1) is 0 Å². The number of H-pyrrole nitrogens is 1. The molecular formula is C9H12N2O4S. The minimum absolute atomic E-state index is 0.0522. The lowest BCUT2D eigenvalue weighted by Gasteiger charge is -2.14. The van der Waals surface area contributed by atoms with Crippen LogP contribution in [-0.2, 0) is 10.0 Å². The minimum atomic E-state index is -3.77. The summed E-state index contributed by atoms with van der Waals surface area (Å²) in [6.07, 6.45) is 2.31. The van der Waals surface area contributed by atoms with Gasteiger partial charge in [-0.25, -0.2) is 8.42 Å². The largest absolute Gasteiger partial charge is 0.392 e. The normalized spacial score (nSPS) is 22.4. The highest BCUT2D eigenvalue weighted by atomic mass is 32.2. The average molecular weight is 244 g/mol. The van der Waals surface area contributed by atoms with Crippen LogP contribution in [0.3, 0.4) is 0 Å². The number of rotatable bonds is 2. The Morgan fingerprint density at radius 3 is 2.81 bits per heavy atom. The summed E-state index contributed by atoms with van der Waals surface area (Å²) in [6.45, 7) is 0.300. The van der Waals surface area contributed by atoms with Crippen LogP contribution in [0, 0.1) is 0 Å². The summed E-state index contributed by atoms with van der Waals surface area (Å²) in [7, 11) is -3.77. The second-order valence-corrected chi connectivity index (χ2v) is 5.58. The first-order valence-electron chi connectivity index (χ1n) is 4.87. The Morgan fingerprint density at radius 2 is 2.25 bits per heavy atom. The average Bonchev–Trinajstić information content (AvgIpc) is 2.66. The molecule has 2 rings (SSSR count). The van der Waals surface area contributed by atoms with Crippen molar-refractivity contribution in [3.05, 3.63) is 28.7 Å². The Morgan fingerprint density at radius 1 is 1.50 bits per heavy atom. The fraction of sp³-hybridized carbons (Fsp3) is 0.444. The van der Waals surface area contributed by atoms with Crippen molar-refractivity contribution in [2.24, 2.45) is 0 Å². The van der Waals surface area contributed by atoms with Crippen LogP contribution in [0.4, 0.5) is 0 Å². The molecule has 0 saturated carbocycles. The van der Waals surface area contributed by atoms with Crippen LogP contribution in [0.2, 0.25) is 0 Å². The molecule has 1 aromatic heterocycles. The summed E-state index contributed by atoms with van der Waals surface area (Å²) in [5.41, 5.74) is -0.542. The molecule has 0 amide bonds. The second-order valence-electron chi connectivity index (χ2n) is 3.68. The van der Waals surface area contributed by atoms with Gasteiger partial charge in [-0.2, -0.15) is 4.31 Å². The third-order valence-corrected chi connectivity index (χ3v) is 4.42. The molecule has 16 heavy (non-hydrogen) atoms. The van der Waals surface area contributed by atoms with Gasteiger partial charge in [0, 0.05) is 31.5 Å². The number of nitrogens with one attached hydrogen (secondary N) is 1. The topological polar surface area (TPSA) is 90.5 Å². The lowest BCUT2D eigenvalue weighted by Crippen LogP contribution is -2.32. The molecule has 1 unspecified atom stereocenters. The summed E-state index contributed by atoms with van der Waals surface area (Å²) in [6, 6.07) is 1.17. The number of pyridine rings is 1. The first-order chi connectivity index (χ1) is 7.51.